The number of amides is 1. The van der Waals surface area contributed by atoms with Gasteiger partial charge in [0.15, 0.2) is 0 Å². The number of carbonyl (C=O) groups is 1. The third-order valence-corrected chi connectivity index (χ3v) is 4.85. The summed E-state index contributed by atoms with van der Waals surface area (Å²) in [6.45, 7) is 2.46. The third kappa shape index (κ3) is 5.62. The Morgan fingerprint density at radius 1 is 1.19 bits per heavy atom. The lowest BCUT2D eigenvalue weighted by molar-refractivity contribution is 0.0947. The molecule has 0 heterocycles. The number of hydrogen-bond donors (Lipinski definition) is 2. The van der Waals surface area contributed by atoms with Gasteiger partial charge < -0.3 is 10.1 Å². The van der Waals surface area contributed by atoms with E-state index in [1.807, 2.05) is 31.2 Å². The van der Waals surface area contributed by atoms with Crippen molar-refractivity contribution in [3.05, 3.63) is 59.7 Å². The molecule has 0 aliphatic rings. The van der Waals surface area contributed by atoms with Crippen molar-refractivity contribution < 1.29 is 17.9 Å². The van der Waals surface area contributed by atoms with Crippen LogP contribution in [0.5, 0.6) is 5.75 Å². The molecular formula is C19H20N2O4S. The lowest BCUT2D eigenvalue weighted by atomic mass is 10.2. The van der Waals surface area contributed by atoms with E-state index in [0.29, 0.717) is 13.2 Å². The van der Waals surface area contributed by atoms with Gasteiger partial charge in [-0.05, 0) is 37.3 Å². The summed E-state index contributed by atoms with van der Waals surface area (Å²) in [6, 6.07) is 13.3. The van der Waals surface area contributed by atoms with Gasteiger partial charge in [-0.25, -0.2) is 8.42 Å². The lowest BCUT2D eigenvalue weighted by Gasteiger charge is -2.09. The van der Waals surface area contributed by atoms with Crippen LogP contribution in [0.15, 0.2) is 53.4 Å². The number of sulfonamides is 1. The quantitative estimate of drug-likeness (QED) is 0.546. The molecule has 26 heavy (non-hydrogen) atoms. The van der Waals surface area contributed by atoms with E-state index in [2.05, 4.69) is 16.0 Å². The molecule has 0 spiro atoms. The van der Waals surface area contributed by atoms with Crippen molar-refractivity contribution in [1.29, 1.82) is 0 Å². The van der Waals surface area contributed by atoms with Gasteiger partial charge >= 0.3 is 0 Å². The third-order valence-electron chi connectivity index (χ3n) is 3.45. The van der Waals surface area contributed by atoms with Crippen LogP contribution in [0, 0.1) is 19.3 Å². The van der Waals surface area contributed by atoms with Crippen LogP contribution in [0.4, 0.5) is 0 Å². The van der Waals surface area contributed by atoms with Crippen molar-refractivity contribution in [2.24, 2.45) is 0 Å². The molecule has 2 aromatic rings. The van der Waals surface area contributed by atoms with E-state index in [-0.39, 0.29) is 22.9 Å². The molecule has 0 aromatic heterocycles. The van der Waals surface area contributed by atoms with Crippen LogP contribution in [0.1, 0.15) is 15.9 Å². The molecule has 0 fully saturated rings. The van der Waals surface area contributed by atoms with Gasteiger partial charge in [-0.2, -0.15) is 4.72 Å². The average Bonchev–Trinajstić information content (AvgIpc) is 2.65. The summed E-state index contributed by atoms with van der Waals surface area (Å²) in [5, 5.41) is 2.69. The molecule has 0 aliphatic heterocycles. The number of benzene rings is 2. The van der Waals surface area contributed by atoms with Crippen LogP contribution < -0.4 is 14.8 Å². The monoisotopic (exact) mass is 372 g/mol. The Hall–Kier alpha value is -2.82. The number of carbonyl (C=O) groups excluding carboxylic acids is 1. The van der Waals surface area contributed by atoms with Crippen molar-refractivity contribution in [2.45, 2.75) is 11.8 Å². The first kappa shape index (κ1) is 19.5. The maximum atomic E-state index is 12.2. The van der Waals surface area contributed by atoms with Gasteiger partial charge in [0, 0.05) is 5.56 Å². The zero-order valence-corrected chi connectivity index (χ0v) is 15.2. The Bertz CT molecular complexity index is 900. The summed E-state index contributed by atoms with van der Waals surface area (Å²) in [6.07, 6.45) is 5.06. The van der Waals surface area contributed by atoms with E-state index in [9.17, 15) is 13.2 Å². The zero-order chi connectivity index (χ0) is 19.0. The van der Waals surface area contributed by atoms with Crippen LogP contribution in [-0.4, -0.2) is 34.0 Å². The molecular weight excluding hydrogens is 352 g/mol. The van der Waals surface area contributed by atoms with Crippen LogP contribution in [0.2, 0.25) is 0 Å². The summed E-state index contributed by atoms with van der Waals surface area (Å²) in [7, 11) is -3.74. The number of nitrogens with one attached hydrogen (secondary N) is 2. The molecule has 2 N–H and O–H groups in total. The topological polar surface area (TPSA) is 84.5 Å². The molecule has 2 rings (SSSR count). The first-order chi connectivity index (χ1) is 12.4. The second-order valence-corrected chi connectivity index (χ2v) is 7.24. The van der Waals surface area contributed by atoms with Gasteiger partial charge in [-0.3, -0.25) is 4.79 Å². The predicted molar refractivity (Wildman–Crippen MR) is 99.5 cm³/mol. The van der Waals surface area contributed by atoms with Crippen LogP contribution in [0.25, 0.3) is 0 Å². The lowest BCUT2D eigenvalue weighted by Crippen LogP contribution is -2.29. The summed E-state index contributed by atoms with van der Waals surface area (Å²) in [5.74, 6) is 2.54. The maximum Gasteiger partial charge on any atom is 0.251 e. The summed E-state index contributed by atoms with van der Waals surface area (Å²) in [5.41, 5.74) is 1.38. The second kappa shape index (κ2) is 9.04. The van der Waals surface area contributed by atoms with E-state index in [4.69, 9.17) is 11.2 Å². The van der Waals surface area contributed by atoms with Crippen molar-refractivity contribution >= 4 is 15.9 Å². The van der Waals surface area contributed by atoms with Gasteiger partial charge in [0.1, 0.15) is 12.4 Å². The fourth-order valence-corrected chi connectivity index (χ4v) is 3.07. The van der Waals surface area contributed by atoms with Gasteiger partial charge in [0.25, 0.3) is 5.91 Å². The van der Waals surface area contributed by atoms with E-state index in [1.54, 1.807) is 0 Å². The van der Waals surface area contributed by atoms with Gasteiger partial charge in [0.2, 0.25) is 10.0 Å². The normalized spacial score (nSPS) is 10.8. The molecule has 0 atom stereocenters. The smallest absolute Gasteiger partial charge is 0.251 e. The Kier molecular flexibility index (Phi) is 6.78. The molecule has 6 nitrogen and oxygen atoms in total. The fraction of sp³-hybridized carbons (Fsp3) is 0.211. The highest BCUT2D eigenvalue weighted by atomic mass is 32.2. The molecule has 2 aromatic carbocycles. The molecule has 1 amide bonds. The number of ether oxygens (including phenoxy) is 1. The standard InChI is InChI=1S/C19H20N2O4S/c1-3-11-21-26(23,24)18-6-4-5-16(14-18)19(22)20-12-13-25-17-9-7-15(2)8-10-17/h1,4-10,14,21H,11-13H2,2H3,(H,20,22). The molecule has 0 aliphatic carbocycles. The van der Waals surface area contributed by atoms with E-state index in [0.717, 1.165) is 11.3 Å². The number of hydrogen-bond acceptors (Lipinski definition) is 4. The fourth-order valence-electron chi connectivity index (χ4n) is 2.09. The van der Waals surface area contributed by atoms with E-state index in [1.165, 1.54) is 24.3 Å². The minimum absolute atomic E-state index is 0.0173. The first-order valence-electron chi connectivity index (χ1n) is 7.93. The predicted octanol–water partition coefficient (Wildman–Crippen LogP) is 1.72. The summed E-state index contributed by atoms with van der Waals surface area (Å²) < 4.78 is 31.9. The minimum atomic E-state index is -3.74. The highest BCUT2D eigenvalue weighted by molar-refractivity contribution is 7.89. The molecule has 0 saturated carbocycles. The summed E-state index contributed by atoms with van der Waals surface area (Å²) in [4.78, 5) is 12.2. The number of aryl methyl sites for hydroxylation is 1. The first-order valence-corrected chi connectivity index (χ1v) is 9.41. The Balaban J connectivity index is 1.90. The highest BCUT2D eigenvalue weighted by Gasteiger charge is 2.15. The number of terminal acetylenes is 1. The van der Waals surface area contributed by atoms with Crippen molar-refractivity contribution in [2.75, 3.05) is 19.7 Å². The van der Waals surface area contributed by atoms with E-state index >= 15 is 0 Å². The Morgan fingerprint density at radius 2 is 1.92 bits per heavy atom. The van der Waals surface area contributed by atoms with Crippen molar-refractivity contribution in [1.82, 2.24) is 10.0 Å². The van der Waals surface area contributed by atoms with Gasteiger partial charge in [-0.15, -0.1) is 6.42 Å². The minimum Gasteiger partial charge on any atom is -0.492 e. The highest BCUT2D eigenvalue weighted by Crippen LogP contribution is 2.12. The van der Waals surface area contributed by atoms with Crippen molar-refractivity contribution in [3.8, 4) is 18.1 Å². The van der Waals surface area contributed by atoms with Crippen LogP contribution in [0.3, 0.4) is 0 Å². The van der Waals surface area contributed by atoms with Crippen LogP contribution >= 0.6 is 0 Å². The largest absolute Gasteiger partial charge is 0.492 e. The Morgan fingerprint density at radius 3 is 2.62 bits per heavy atom. The molecule has 0 saturated heterocycles. The van der Waals surface area contributed by atoms with Crippen LogP contribution in [-0.2, 0) is 10.0 Å². The summed E-state index contributed by atoms with van der Waals surface area (Å²) >= 11 is 0. The second-order valence-electron chi connectivity index (χ2n) is 5.47. The van der Waals surface area contributed by atoms with Gasteiger partial charge in [0.05, 0.1) is 18.0 Å². The number of rotatable bonds is 8. The molecule has 7 heteroatoms. The molecule has 0 unspecified atom stereocenters. The zero-order valence-electron chi connectivity index (χ0n) is 14.4. The maximum absolute atomic E-state index is 12.2. The Labute approximate surface area is 153 Å². The van der Waals surface area contributed by atoms with Crippen molar-refractivity contribution in [3.63, 3.8) is 0 Å². The van der Waals surface area contributed by atoms with Gasteiger partial charge in [-0.1, -0.05) is 29.7 Å². The average molecular weight is 372 g/mol. The molecule has 0 bridgehead atoms. The molecule has 136 valence electrons. The van der Waals surface area contributed by atoms with E-state index < -0.39 is 10.0 Å². The molecule has 0 radical (unpaired) electrons. The SMILES string of the molecule is C#CCNS(=O)(=O)c1cccc(C(=O)NCCOc2ccc(C)cc2)c1.